The van der Waals surface area contributed by atoms with Gasteiger partial charge in [0.05, 0.1) is 18.7 Å². The fourth-order valence-corrected chi connectivity index (χ4v) is 1.61. The quantitative estimate of drug-likeness (QED) is 0.793. The van der Waals surface area contributed by atoms with Crippen LogP contribution in [0.4, 0.5) is 5.82 Å². The van der Waals surface area contributed by atoms with Crippen molar-refractivity contribution in [3.8, 4) is 0 Å². The molecule has 0 bridgehead atoms. The Balaban J connectivity index is 2.63. The van der Waals surface area contributed by atoms with Crippen molar-refractivity contribution < 1.29 is 14.3 Å². The van der Waals surface area contributed by atoms with E-state index in [2.05, 4.69) is 10.3 Å². The number of rotatable bonds is 6. The molecule has 1 heterocycles. The number of ether oxygens (including phenoxy) is 1. The fourth-order valence-electron chi connectivity index (χ4n) is 1.61. The molecule has 0 saturated heterocycles. The molecule has 110 valence electrons. The van der Waals surface area contributed by atoms with Gasteiger partial charge >= 0.3 is 5.97 Å². The van der Waals surface area contributed by atoms with E-state index in [1.807, 2.05) is 13.8 Å². The molecule has 6 nitrogen and oxygen atoms in total. The van der Waals surface area contributed by atoms with Gasteiger partial charge in [-0.05, 0) is 32.9 Å². The molecule has 0 aromatic carbocycles. The molecule has 0 saturated carbocycles. The predicted octanol–water partition coefficient (Wildman–Crippen LogP) is 1.22. The zero-order valence-electron chi connectivity index (χ0n) is 12.3. The molecular weight excluding hydrogens is 258 g/mol. The Morgan fingerprint density at radius 1 is 1.40 bits per heavy atom. The summed E-state index contributed by atoms with van der Waals surface area (Å²) in [6, 6.07) is 3.43. The molecule has 20 heavy (non-hydrogen) atoms. The number of esters is 1. The first-order chi connectivity index (χ1) is 9.43. The van der Waals surface area contributed by atoms with Gasteiger partial charge < -0.3 is 15.0 Å². The number of hydrogen-bond acceptors (Lipinski definition) is 5. The maximum atomic E-state index is 11.6. The first-order valence-corrected chi connectivity index (χ1v) is 6.57. The van der Waals surface area contributed by atoms with E-state index in [4.69, 9.17) is 4.74 Å². The Morgan fingerprint density at radius 3 is 2.60 bits per heavy atom. The standard InChI is InChI=1S/C14H21N3O3/c1-5-20-14(19)11-6-7-12(15-8-11)17(4)9-13(18)16-10(2)3/h6-8,10H,5,9H2,1-4H3,(H,16,18). The number of amides is 1. The Morgan fingerprint density at radius 2 is 2.10 bits per heavy atom. The van der Waals surface area contributed by atoms with Gasteiger partial charge in [-0.3, -0.25) is 4.79 Å². The van der Waals surface area contributed by atoms with Crippen LogP contribution in [0, 0.1) is 0 Å². The SMILES string of the molecule is CCOC(=O)c1ccc(N(C)CC(=O)NC(C)C)nc1. The molecule has 6 heteroatoms. The minimum atomic E-state index is -0.397. The van der Waals surface area contributed by atoms with Crippen LogP contribution < -0.4 is 10.2 Å². The lowest BCUT2D eigenvalue weighted by Gasteiger charge is -2.18. The van der Waals surface area contributed by atoms with E-state index >= 15 is 0 Å². The van der Waals surface area contributed by atoms with E-state index in [0.717, 1.165) is 0 Å². The summed E-state index contributed by atoms with van der Waals surface area (Å²) >= 11 is 0. The molecule has 1 N–H and O–H groups in total. The van der Waals surface area contributed by atoms with E-state index in [1.165, 1.54) is 6.20 Å². The van der Waals surface area contributed by atoms with Gasteiger partial charge in [0, 0.05) is 19.3 Å². The van der Waals surface area contributed by atoms with E-state index < -0.39 is 5.97 Å². The van der Waals surface area contributed by atoms with Crippen molar-refractivity contribution in [3.05, 3.63) is 23.9 Å². The van der Waals surface area contributed by atoms with Crippen molar-refractivity contribution >= 4 is 17.7 Å². The molecule has 1 amide bonds. The average Bonchev–Trinajstić information content (AvgIpc) is 2.38. The third-order valence-corrected chi connectivity index (χ3v) is 2.48. The van der Waals surface area contributed by atoms with Crippen LogP contribution in [0.1, 0.15) is 31.1 Å². The van der Waals surface area contributed by atoms with Gasteiger partial charge in [-0.2, -0.15) is 0 Å². The van der Waals surface area contributed by atoms with Crippen molar-refractivity contribution in [2.45, 2.75) is 26.8 Å². The monoisotopic (exact) mass is 279 g/mol. The Kier molecular flexibility index (Phi) is 5.96. The first kappa shape index (κ1) is 15.9. The minimum absolute atomic E-state index is 0.0706. The van der Waals surface area contributed by atoms with Crippen LogP contribution in [0.3, 0.4) is 0 Å². The highest BCUT2D eigenvalue weighted by Gasteiger charge is 2.11. The largest absolute Gasteiger partial charge is 0.462 e. The molecule has 0 unspecified atom stereocenters. The molecule has 0 atom stereocenters. The summed E-state index contributed by atoms with van der Waals surface area (Å²) in [7, 11) is 1.77. The zero-order valence-corrected chi connectivity index (χ0v) is 12.3. The number of likely N-dealkylation sites (N-methyl/N-ethyl adjacent to an activating group) is 1. The fraction of sp³-hybridized carbons (Fsp3) is 0.500. The predicted molar refractivity (Wildman–Crippen MR) is 76.7 cm³/mol. The minimum Gasteiger partial charge on any atom is -0.462 e. The summed E-state index contributed by atoms with van der Waals surface area (Å²) in [6.07, 6.45) is 1.45. The number of aromatic nitrogens is 1. The van der Waals surface area contributed by atoms with Gasteiger partial charge in [0.25, 0.3) is 0 Å². The molecule has 0 fully saturated rings. The Bertz CT molecular complexity index is 457. The lowest BCUT2D eigenvalue weighted by molar-refractivity contribution is -0.120. The second-order valence-electron chi connectivity index (χ2n) is 4.70. The van der Waals surface area contributed by atoms with Crippen LogP contribution in [0.2, 0.25) is 0 Å². The summed E-state index contributed by atoms with van der Waals surface area (Å²) < 4.78 is 4.88. The number of carbonyl (C=O) groups is 2. The molecule has 0 radical (unpaired) electrons. The molecule has 0 aliphatic carbocycles. The van der Waals surface area contributed by atoms with Gasteiger partial charge in [-0.1, -0.05) is 0 Å². The van der Waals surface area contributed by atoms with Crippen molar-refractivity contribution in [2.24, 2.45) is 0 Å². The van der Waals surface area contributed by atoms with Crippen LogP contribution in [0.15, 0.2) is 18.3 Å². The third-order valence-electron chi connectivity index (χ3n) is 2.48. The van der Waals surface area contributed by atoms with E-state index in [-0.39, 0.29) is 18.5 Å². The van der Waals surface area contributed by atoms with Crippen LogP contribution in [-0.2, 0) is 9.53 Å². The van der Waals surface area contributed by atoms with Crippen LogP contribution in [0.5, 0.6) is 0 Å². The maximum Gasteiger partial charge on any atom is 0.339 e. The molecule has 1 rings (SSSR count). The van der Waals surface area contributed by atoms with E-state index in [0.29, 0.717) is 18.0 Å². The molecule has 1 aromatic heterocycles. The first-order valence-electron chi connectivity index (χ1n) is 6.57. The Labute approximate surface area is 119 Å². The highest BCUT2D eigenvalue weighted by molar-refractivity contribution is 5.89. The number of nitrogens with zero attached hydrogens (tertiary/aromatic N) is 2. The molecule has 0 aliphatic rings. The topological polar surface area (TPSA) is 71.5 Å². The summed E-state index contributed by atoms with van der Waals surface area (Å²) in [5, 5.41) is 2.81. The third kappa shape index (κ3) is 4.87. The molecule has 0 aliphatic heterocycles. The number of anilines is 1. The highest BCUT2D eigenvalue weighted by atomic mass is 16.5. The summed E-state index contributed by atoms with van der Waals surface area (Å²) in [6.45, 7) is 6.11. The number of nitrogens with one attached hydrogen (secondary N) is 1. The van der Waals surface area contributed by atoms with E-state index in [1.54, 1.807) is 31.0 Å². The lowest BCUT2D eigenvalue weighted by Crippen LogP contribution is -2.38. The van der Waals surface area contributed by atoms with Gasteiger partial charge in [-0.15, -0.1) is 0 Å². The Hall–Kier alpha value is -2.11. The van der Waals surface area contributed by atoms with Crippen molar-refractivity contribution in [2.75, 3.05) is 25.1 Å². The zero-order chi connectivity index (χ0) is 15.1. The van der Waals surface area contributed by atoms with Crippen LogP contribution in [-0.4, -0.2) is 43.1 Å². The second kappa shape index (κ2) is 7.47. The van der Waals surface area contributed by atoms with Gasteiger partial charge in [0.1, 0.15) is 5.82 Å². The normalized spacial score (nSPS) is 10.2. The maximum absolute atomic E-state index is 11.6. The van der Waals surface area contributed by atoms with Crippen molar-refractivity contribution in [1.29, 1.82) is 0 Å². The van der Waals surface area contributed by atoms with Crippen molar-refractivity contribution in [1.82, 2.24) is 10.3 Å². The van der Waals surface area contributed by atoms with E-state index in [9.17, 15) is 9.59 Å². The molecule has 1 aromatic rings. The van der Waals surface area contributed by atoms with Crippen LogP contribution in [0.25, 0.3) is 0 Å². The highest BCUT2D eigenvalue weighted by Crippen LogP contribution is 2.10. The number of hydrogen-bond donors (Lipinski definition) is 1. The average molecular weight is 279 g/mol. The lowest BCUT2D eigenvalue weighted by atomic mass is 10.3. The van der Waals surface area contributed by atoms with Gasteiger partial charge in [0.2, 0.25) is 5.91 Å². The van der Waals surface area contributed by atoms with Crippen molar-refractivity contribution in [3.63, 3.8) is 0 Å². The van der Waals surface area contributed by atoms with Gasteiger partial charge in [-0.25, -0.2) is 9.78 Å². The molecule has 0 spiro atoms. The summed E-state index contributed by atoms with van der Waals surface area (Å²) in [5.74, 6) is 0.155. The van der Waals surface area contributed by atoms with Gasteiger partial charge in [0.15, 0.2) is 0 Å². The number of carbonyl (C=O) groups excluding carboxylic acids is 2. The smallest absolute Gasteiger partial charge is 0.339 e. The molecular formula is C14H21N3O3. The summed E-state index contributed by atoms with van der Waals surface area (Å²) in [5.41, 5.74) is 0.399. The summed E-state index contributed by atoms with van der Waals surface area (Å²) in [4.78, 5) is 29.0. The second-order valence-corrected chi connectivity index (χ2v) is 4.70. The van der Waals surface area contributed by atoms with Crippen LogP contribution >= 0.6 is 0 Å². The number of pyridine rings is 1.